The van der Waals surface area contributed by atoms with Gasteiger partial charge in [0.1, 0.15) is 17.9 Å². The molecule has 3 aromatic carbocycles. The van der Waals surface area contributed by atoms with Gasteiger partial charge >= 0.3 is 0 Å². The second kappa shape index (κ2) is 27.7. The minimum Gasteiger partial charge on any atom is -0.391 e. The molecular weight excluding hydrogens is 1060 g/mol. The lowest BCUT2D eigenvalue weighted by Gasteiger charge is -2.36. The minimum absolute atomic E-state index is 0.00581. The molecular formula is C57H77N11O10S2. The standard InChI is InChI=1S/C57H77N11O10S2/c1-38-34-59-55(64-52(38)61-43-10-9-11-46(32-43)80(74,75)65-57(6,7)8)62-42-16-18-44(19-17-42)66-22-24-67(25-23-66)49(71)21-27-77-29-31-78-30-28-76-26-20-48(70)63-51(56(3,4)5)54(73)68-36-45(69)33-47(68)53(72)58-35-40-12-14-41(15-13-40)50-39(2)60-37-79-50/h9-19,32,34,37,45,47,51,65,69H,20-31,33,35-36H2,1-8H3,(H,58,72)(H,63,70)(H2,59,61,62,64)/t45-,47+,51-/m1/s1. The van der Waals surface area contributed by atoms with Gasteiger partial charge in [0.15, 0.2) is 0 Å². The van der Waals surface area contributed by atoms with Gasteiger partial charge < -0.3 is 55.3 Å². The van der Waals surface area contributed by atoms with Crippen molar-refractivity contribution in [2.45, 2.75) is 110 Å². The molecule has 4 amide bonds. The maximum atomic E-state index is 14.0. The average Bonchev–Trinajstić information content (AvgIpc) is 4.10. The number of aliphatic hydroxyl groups is 1. The topological polar surface area (TPSA) is 259 Å². The Kier molecular flexibility index (Phi) is 21.1. The fourth-order valence-electron chi connectivity index (χ4n) is 9.11. The molecule has 0 saturated carbocycles. The summed E-state index contributed by atoms with van der Waals surface area (Å²) in [6.07, 6.45) is 1.18. The van der Waals surface area contributed by atoms with Crippen LogP contribution in [0.4, 0.5) is 28.8 Å². The number of nitrogens with one attached hydrogen (secondary N) is 5. The van der Waals surface area contributed by atoms with Gasteiger partial charge in [-0.3, -0.25) is 19.2 Å². The van der Waals surface area contributed by atoms with E-state index in [0.29, 0.717) is 56.8 Å². The number of sulfonamides is 1. The first kappa shape index (κ1) is 61.0. The van der Waals surface area contributed by atoms with Crippen LogP contribution in [-0.4, -0.2) is 158 Å². The normalized spacial score (nSPS) is 16.3. The number of benzene rings is 3. The largest absolute Gasteiger partial charge is 0.391 e. The second-order valence-electron chi connectivity index (χ2n) is 22.1. The maximum absolute atomic E-state index is 14.0. The number of aliphatic hydroxyl groups excluding tert-OH is 1. The fraction of sp³-hybridized carbons (Fsp3) is 0.491. The van der Waals surface area contributed by atoms with Gasteiger partial charge in [-0.1, -0.05) is 51.1 Å². The predicted octanol–water partition coefficient (Wildman–Crippen LogP) is 6.07. The predicted molar refractivity (Wildman–Crippen MR) is 308 cm³/mol. The van der Waals surface area contributed by atoms with Gasteiger partial charge in [-0.05, 0) is 93.6 Å². The van der Waals surface area contributed by atoms with Crippen LogP contribution in [0.3, 0.4) is 0 Å². The van der Waals surface area contributed by atoms with Gasteiger partial charge in [0.25, 0.3) is 0 Å². The monoisotopic (exact) mass is 1140 g/mol. The number of carbonyl (C=O) groups is 4. The molecule has 3 atom stereocenters. The molecule has 2 aromatic heterocycles. The van der Waals surface area contributed by atoms with Crippen LogP contribution in [-0.2, 0) is 50.0 Å². The van der Waals surface area contributed by atoms with E-state index in [1.54, 1.807) is 62.6 Å². The molecule has 5 aromatic rings. The molecule has 6 N–H and O–H groups in total. The molecule has 432 valence electrons. The molecule has 0 aliphatic carbocycles. The molecule has 0 spiro atoms. The molecule has 2 aliphatic rings. The van der Waals surface area contributed by atoms with E-state index in [-0.39, 0.29) is 81.4 Å². The van der Waals surface area contributed by atoms with Crippen molar-refractivity contribution in [3.63, 3.8) is 0 Å². The Morgan fingerprint density at radius 2 is 1.46 bits per heavy atom. The Morgan fingerprint density at radius 3 is 2.10 bits per heavy atom. The number of β-amino-alcohol motifs (C(OH)–C–C–N with tert-alkyl or cyclic N) is 1. The van der Waals surface area contributed by atoms with E-state index in [1.807, 2.05) is 93.6 Å². The number of carbonyl (C=O) groups excluding carboxylic acids is 4. The molecule has 7 rings (SSSR count). The number of hydrogen-bond donors (Lipinski definition) is 6. The third-order valence-electron chi connectivity index (χ3n) is 13.3. The van der Waals surface area contributed by atoms with Crippen LogP contribution in [0.5, 0.6) is 0 Å². The SMILES string of the molecule is Cc1cnc(Nc2ccc(N3CCN(C(=O)CCOCCOCCOCCC(=O)N[C@H](C(=O)N4C[C@H](O)C[C@H]4C(=O)NCc4ccc(-c5scnc5C)cc4)C(C)(C)C)CC3)cc2)nc1Nc1cccc(S(=O)(=O)NC(C)(C)C)c1. The Bertz CT molecular complexity index is 2990. The molecule has 0 bridgehead atoms. The van der Waals surface area contributed by atoms with Crippen molar-refractivity contribution < 1.29 is 46.9 Å². The van der Waals surface area contributed by atoms with Crippen molar-refractivity contribution in [2.75, 3.05) is 87.9 Å². The maximum Gasteiger partial charge on any atom is 0.246 e. The van der Waals surface area contributed by atoms with Crippen molar-refractivity contribution in [1.82, 2.24) is 40.1 Å². The number of thiazole rings is 1. The van der Waals surface area contributed by atoms with Crippen LogP contribution in [0, 0.1) is 19.3 Å². The second-order valence-corrected chi connectivity index (χ2v) is 24.6. The number of rotatable bonds is 25. The summed E-state index contributed by atoms with van der Waals surface area (Å²) in [6, 6.07) is 20.5. The summed E-state index contributed by atoms with van der Waals surface area (Å²) in [6.45, 7) is 19.0. The number of amides is 4. The van der Waals surface area contributed by atoms with E-state index in [9.17, 15) is 32.7 Å². The van der Waals surface area contributed by atoms with Crippen molar-refractivity contribution in [3.8, 4) is 10.4 Å². The number of ether oxygens (including phenoxy) is 3. The lowest BCUT2D eigenvalue weighted by molar-refractivity contribution is -0.144. The third kappa shape index (κ3) is 17.7. The summed E-state index contributed by atoms with van der Waals surface area (Å²) >= 11 is 1.57. The summed E-state index contributed by atoms with van der Waals surface area (Å²) in [5.41, 5.74) is 6.55. The van der Waals surface area contributed by atoms with E-state index in [1.165, 1.54) is 4.90 Å². The lowest BCUT2D eigenvalue weighted by Crippen LogP contribution is -2.57. The summed E-state index contributed by atoms with van der Waals surface area (Å²) in [5.74, 6) is -0.254. The van der Waals surface area contributed by atoms with Gasteiger partial charge in [-0.15, -0.1) is 11.3 Å². The van der Waals surface area contributed by atoms with Crippen molar-refractivity contribution in [3.05, 3.63) is 101 Å². The van der Waals surface area contributed by atoms with E-state index >= 15 is 0 Å². The van der Waals surface area contributed by atoms with Gasteiger partial charge in [-0.25, -0.2) is 23.1 Å². The highest BCUT2D eigenvalue weighted by atomic mass is 32.2. The van der Waals surface area contributed by atoms with Gasteiger partial charge in [0.2, 0.25) is 39.6 Å². The number of aryl methyl sites for hydroxylation is 2. The number of aromatic nitrogens is 3. The smallest absolute Gasteiger partial charge is 0.246 e. The number of piperazine rings is 1. The van der Waals surface area contributed by atoms with Crippen LogP contribution in [0.25, 0.3) is 10.4 Å². The van der Waals surface area contributed by atoms with Crippen molar-refractivity contribution >= 4 is 73.8 Å². The van der Waals surface area contributed by atoms with Crippen molar-refractivity contribution in [2.24, 2.45) is 5.41 Å². The molecule has 2 aliphatic heterocycles. The number of hydrogen-bond acceptors (Lipinski definition) is 17. The highest BCUT2D eigenvalue weighted by Crippen LogP contribution is 2.30. The minimum atomic E-state index is -3.72. The van der Waals surface area contributed by atoms with Gasteiger partial charge in [0, 0.05) is 86.5 Å². The van der Waals surface area contributed by atoms with E-state index < -0.39 is 45.1 Å². The third-order valence-corrected chi connectivity index (χ3v) is 16.1. The first-order valence-corrected chi connectivity index (χ1v) is 29.3. The van der Waals surface area contributed by atoms with E-state index in [0.717, 1.165) is 38.6 Å². The molecule has 80 heavy (non-hydrogen) atoms. The molecule has 2 fully saturated rings. The van der Waals surface area contributed by atoms with Gasteiger partial charge in [-0.2, -0.15) is 4.98 Å². The Labute approximate surface area is 473 Å². The molecule has 0 radical (unpaired) electrons. The zero-order valence-corrected chi connectivity index (χ0v) is 48.7. The van der Waals surface area contributed by atoms with Gasteiger partial charge in [0.05, 0.1) is 73.1 Å². The first-order valence-electron chi connectivity index (χ1n) is 27.0. The van der Waals surface area contributed by atoms with Crippen LogP contribution in [0.1, 0.15) is 77.6 Å². The number of likely N-dealkylation sites (tertiary alicyclic amines) is 1. The Morgan fingerprint density at radius 1 is 0.800 bits per heavy atom. The van der Waals surface area contributed by atoms with E-state index in [2.05, 4.69) is 45.8 Å². The average molecular weight is 1140 g/mol. The summed E-state index contributed by atoms with van der Waals surface area (Å²) in [5, 5.41) is 22.8. The summed E-state index contributed by atoms with van der Waals surface area (Å²) in [4.78, 5) is 73.6. The zero-order chi connectivity index (χ0) is 57.6. The summed E-state index contributed by atoms with van der Waals surface area (Å²) in [7, 11) is -3.72. The van der Waals surface area contributed by atoms with Crippen LogP contribution in [0.15, 0.2) is 89.4 Å². The molecule has 4 heterocycles. The Hall–Kier alpha value is -6.60. The fourth-order valence-corrected chi connectivity index (χ4v) is 11.4. The summed E-state index contributed by atoms with van der Waals surface area (Å²) < 4.78 is 45.5. The Balaban J connectivity index is 0.733. The van der Waals surface area contributed by atoms with Crippen molar-refractivity contribution in [1.29, 1.82) is 0 Å². The molecule has 0 unspecified atom stereocenters. The molecule has 23 heteroatoms. The number of anilines is 5. The van der Waals surface area contributed by atoms with E-state index in [4.69, 9.17) is 14.2 Å². The zero-order valence-electron chi connectivity index (χ0n) is 47.0. The number of nitrogens with zero attached hydrogens (tertiary/aromatic N) is 6. The quantitative estimate of drug-likeness (QED) is 0.0363. The van der Waals surface area contributed by atoms with Crippen LogP contribution >= 0.6 is 11.3 Å². The van der Waals surface area contributed by atoms with Crippen LogP contribution < -0.4 is 30.9 Å². The first-order chi connectivity index (χ1) is 38.0. The van der Waals surface area contributed by atoms with Crippen LogP contribution in [0.2, 0.25) is 0 Å². The lowest BCUT2D eigenvalue weighted by atomic mass is 9.85. The molecule has 21 nitrogen and oxygen atoms in total. The molecule has 2 saturated heterocycles. The highest BCUT2D eigenvalue weighted by Gasteiger charge is 2.44. The highest BCUT2D eigenvalue weighted by molar-refractivity contribution is 7.89.